The van der Waals surface area contributed by atoms with E-state index in [0.717, 1.165) is 46.5 Å². The minimum atomic E-state index is -0.0425. The molecule has 0 aromatic carbocycles. The van der Waals surface area contributed by atoms with Crippen LogP contribution in [0.2, 0.25) is 0 Å². The van der Waals surface area contributed by atoms with Crippen molar-refractivity contribution < 1.29 is 9.47 Å². The highest BCUT2D eigenvalue weighted by molar-refractivity contribution is 14.1. The Hall–Kier alpha value is -1.45. The zero-order valence-corrected chi connectivity index (χ0v) is 15.4. The van der Waals surface area contributed by atoms with Gasteiger partial charge < -0.3 is 9.47 Å². The van der Waals surface area contributed by atoms with E-state index in [1.54, 1.807) is 0 Å². The van der Waals surface area contributed by atoms with Crippen LogP contribution < -0.4 is 0 Å². The number of nitrogens with zero attached hydrogens (tertiary/aromatic N) is 4. The Kier molecular flexibility index (Phi) is 4.81. The van der Waals surface area contributed by atoms with Crippen molar-refractivity contribution in [3.8, 4) is 11.1 Å². The summed E-state index contributed by atoms with van der Waals surface area (Å²) in [5.41, 5.74) is 3.15. The highest BCUT2D eigenvalue weighted by Crippen LogP contribution is 2.21. The Morgan fingerprint density at radius 1 is 1.29 bits per heavy atom. The number of imidazole rings is 1. The molecule has 7 heteroatoms. The van der Waals surface area contributed by atoms with E-state index in [1.807, 2.05) is 29.5 Å². The molecule has 4 rings (SSSR count). The summed E-state index contributed by atoms with van der Waals surface area (Å²) in [7, 11) is 0. The molecule has 0 spiro atoms. The minimum Gasteiger partial charge on any atom is -0.353 e. The summed E-state index contributed by atoms with van der Waals surface area (Å²) in [4.78, 5) is 4.41. The van der Waals surface area contributed by atoms with E-state index < -0.39 is 0 Å². The third-order valence-corrected chi connectivity index (χ3v) is 4.99. The molecule has 1 aliphatic heterocycles. The lowest BCUT2D eigenvalue weighted by atomic mass is 10.1. The second-order valence-electron chi connectivity index (χ2n) is 5.88. The fraction of sp³-hybridized carbons (Fsp3) is 0.412. The van der Waals surface area contributed by atoms with Gasteiger partial charge in [-0.2, -0.15) is 5.10 Å². The molecular formula is C17H19IN4O2. The quantitative estimate of drug-likeness (QED) is 0.574. The molecule has 0 bridgehead atoms. The number of halogens is 1. The maximum atomic E-state index is 5.77. The number of hydrogen-bond donors (Lipinski definition) is 0. The van der Waals surface area contributed by atoms with Gasteiger partial charge in [0.05, 0.1) is 25.5 Å². The molecule has 0 amide bonds. The van der Waals surface area contributed by atoms with Gasteiger partial charge in [-0.1, -0.05) is 0 Å². The lowest BCUT2D eigenvalue weighted by molar-refractivity contribution is -0.163. The average molecular weight is 438 g/mol. The van der Waals surface area contributed by atoms with Crippen molar-refractivity contribution in [3.05, 3.63) is 40.6 Å². The highest BCUT2D eigenvalue weighted by atomic mass is 127. The van der Waals surface area contributed by atoms with Crippen LogP contribution in [0.25, 0.3) is 16.8 Å². The zero-order valence-electron chi connectivity index (χ0n) is 13.3. The zero-order chi connectivity index (χ0) is 16.4. The summed E-state index contributed by atoms with van der Waals surface area (Å²) < 4.78 is 16.4. The fourth-order valence-electron chi connectivity index (χ4n) is 2.88. The third-order valence-electron chi connectivity index (χ3n) is 4.20. The van der Waals surface area contributed by atoms with Gasteiger partial charge in [-0.05, 0) is 59.5 Å². The van der Waals surface area contributed by atoms with E-state index in [-0.39, 0.29) is 6.29 Å². The van der Waals surface area contributed by atoms with E-state index in [9.17, 15) is 0 Å². The van der Waals surface area contributed by atoms with Gasteiger partial charge in [0.15, 0.2) is 6.29 Å². The Balaban J connectivity index is 1.39. The van der Waals surface area contributed by atoms with E-state index >= 15 is 0 Å². The first-order chi connectivity index (χ1) is 11.8. The van der Waals surface area contributed by atoms with Gasteiger partial charge in [0.1, 0.15) is 9.35 Å². The van der Waals surface area contributed by atoms with Crippen molar-refractivity contribution in [2.45, 2.75) is 32.1 Å². The fourth-order valence-corrected chi connectivity index (χ4v) is 3.43. The van der Waals surface area contributed by atoms with E-state index in [0.29, 0.717) is 6.61 Å². The number of hydrogen-bond acceptors (Lipinski definition) is 4. The molecule has 0 radical (unpaired) electrons. The maximum Gasteiger partial charge on any atom is 0.157 e. The predicted molar refractivity (Wildman–Crippen MR) is 98.7 cm³/mol. The maximum absolute atomic E-state index is 5.77. The van der Waals surface area contributed by atoms with E-state index in [4.69, 9.17) is 9.47 Å². The van der Waals surface area contributed by atoms with Crippen molar-refractivity contribution in [1.82, 2.24) is 19.2 Å². The van der Waals surface area contributed by atoms with Gasteiger partial charge in [0.2, 0.25) is 0 Å². The molecule has 0 aliphatic carbocycles. The Bertz CT molecular complexity index is 823. The molecule has 1 fully saturated rings. The Morgan fingerprint density at radius 3 is 3.12 bits per heavy atom. The smallest absolute Gasteiger partial charge is 0.157 e. The second kappa shape index (κ2) is 7.20. The standard InChI is InChI=1S/C17H19IN4O2/c18-15-11-19-16-9-13(4-5-22(15)16)14-10-20-21(12-14)6-8-24-17-3-1-2-7-23-17/h4-5,9-12,17H,1-3,6-8H2. The normalized spacial score (nSPS) is 18.3. The van der Waals surface area contributed by atoms with Gasteiger partial charge in [-0.15, -0.1) is 0 Å². The van der Waals surface area contributed by atoms with E-state index in [2.05, 4.69) is 49.2 Å². The molecule has 6 nitrogen and oxygen atoms in total. The summed E-state index contributed by atoms with van der Waals surface area (Å²) in [6.45, 7) is 2.15. The molecular weight excluding hydrogens is 419 g/mol. The summed E-state index contributed by atoms with van der Waals surface area (Å²) >= 11 is 2.28. The van der Waals surface area contributed by atoms with Crippen molar-refractivity contribution >= 4 is 28.2 Å². The van der Waals surface area contributed by atoms with Crippen LogP contribution in [0.3, 0.4) is 0 Å². The lowest BCUT2D eigenvalue weighted by Gasteiger charge is -2.22. The highest BCUT2D eigenvalue weighted by Gasteiger charge is 2.13. The van der Waals surface area contributed by atoms with Gasteiger partial charge in [0, 0.05) is 24.6 Å². The Morgan fingerprint density at radius 2 is 2.25 bits per heavy atom. The van der Waals surface area contributed by atoms with Crippen LogP contribution in [0, 0.1) is 3.70 Å². The third kappa shape index (κ3) is 3.47. The first-order valence-electron chi connectivity index (χ1n) is 8.18. The number of aromatic nitrogens is 4. The number of fused-ring (bicyclic) bond motifs is 1. The molecule has 4 heterocycles. The first kappa shape index (κ1) is 16.0. The SMILES string of the molecule is Ic1cnc2cc(-c3cnn(CCOC4CCCCO4)c3)ccn12. The van der Waals surface area contributed by atoms with Crippen molar-refractivity contribution in [1.29, 1.82) is 0 Å². The topological polar surface area (TPSA) is 53.6 Å². The molecule has 126 valence electrons. The van der Waals surface area contributed by atoms with Gasteiger partial charge >= 0.3 is 0 Å². The van der Waals surface area contributed by atoms with Gasteiger partial charge in [-0.25, -0.2) is 4.98 Å². The minimum absolute atomic E-state index is 0.0425. The summed E-state index contributed by atoms with van der Waals surface area (Å²) in [5, 5.41) is 4.43. The molecule has 3 aromatic heterocycles. The van der Waals surface area contributed by atoms with Crippen LogP contribution in [0.1, 0.15) is 19.3 Å². The molecule has 0 N–H and O–H groups in total. The predicted octanol–water partition coefficient (Wildman–Crippen LogP) is 3.35. The molecule has 0 saturated carbocycles. The largest absolute Gasteiger partial charge is 0.353 e. The molecule has 3 aromatic rings. The van der Waals surface area contributed by atoms with Gasteiger partial charge in [-0.3, -0.25) is 9.08 Å². The molecule has 1 saturated heterocycles. The first-order valence-corrected chi connectivity index (χ1v) is 9.26. The van der Waals surface area contributed by atoms with Crippen molar-refractivity contribution in [3.63, 3.8) is 0 Å². The molecule has 1 atom stereocenters. The lowest BCUT2D eigenvalue weighted by Crippen LogP contribution is -2.24. The number of pyridine rings is 1. The van der Waals surface area contributed by atoms with Gasteiger partial charge in [0.25, 0.3) is 0 Å². The average Bonchev–Trinajstić information content (AvgIpc) is 3.23. The van der Waals surface area contributed by atoms with Crippen molar-refractivity contribution in [2.75, 3.05) is 13.2 Å². The summed E-state index contributed by atoms with van der Waals surface area (Å²) in [5.74, 6) is 0. The number of ether oxygens (including phenoxy) is 2. The van der Waals surface area contributed by atoms with Crippen LogP contribution in [0.4, 0.5) is 0 Å². The van der Waals surface area contributed by atoms with Crippen LogP contribution in [0.15, 0.2) is 36.9 Å². The molecule has 1 unspecified atom stereocenters. The summed E-state index contributed by atoms with van der Waals surface area (Å²) in [6.07, 6.45) is 11.1. The van der Waals surface area contributed by atoms with Crippen LogP contribution in [0.5, 0.6) is 0 Å². The Labute approximate surface area is 153 Å². The van der Waals surface area contributed by atoms with Crippen LogP contribution >= 0.6 is 22.6 Å². The second-order valence-corrected chi connectivity index (χ2v) is 6.99. The monoisotopic (exact) mass is 438 g/mol. The molecule has 24 heavy (non-hydrogen) atoms. The molecule has 1 aliphatic rings. The number of rotatable bonds is 5. The summed E-state index contributed by atoms with van der Waals surface area (Å²) in [6, 6.07) is 4.17. The van der Waals surface area contributed by atoms with Crippen LogP contribution in [-0.2, 0) is 16.0 Å². The van der Waals surface area contributed by atoms with E-state index in [1.165, 1.54) is 6.42 Å². The van der Waals surface area contributed by atoms with Crippen molar-refractivity contribution in [2.24, 2.45) is 0 Å². The van der Waals surface area contributed by atoms with Crippen LogP contribution in [-0.4, -0.2) is 38.7 Å².